The van der Waals surface area contributed by atoms with Gasteiger partial charge in [-0.15, -0.1) is 11.8 Å². The smallest absolute Gasteiger partial charge is 0.233 e. The second-order valence-corrected chi connectivity index (χ2v) is 6.40. The van der Waals surface area contributed by atoms with Crippen LogP contribution in [0.1, 0.15) is 24.0 Å². The molecule has 1 aromatic rings. The summed E-state index contributed by atoms with van der Waals surface area (Å²) in [5, 5.41) is 9.44. The van der Waals surface area contributed by atoms with E-state index in [1.807, 2.05) is 0 Å². The van der Waals surface area contributed by atoms with Crippen LogP contribution in [0.5, 0.6) is 0 Å². The summed E-state index contributed by atoms with van der Waals surface area (Å²) in [5.74, 6) is 0.618. The maximum Gasteiger partial charge on any atom is 0.233 e. The molecule has 3 nitrogen and oxygen atoms in total. The summed E-state index contributed by atoms with van der Waals surface area (Å²) in [5.41, 5.74) is 2.92. The molecule has 0 spiro atoms. The highest BCUT2D eigenvalue weighted by atomic mass is 32.2. The van der Waals surface area contributed by atoms with Crippen LogP contribution in [0.15, 0.2) is 23.1 Å². The van der Waals surface area contributed by atoms with Gasteiger partial charge in [-0.3, -0.25) is 4.79 Å². The predicted octanol–water partition coefficient (Wildman–Crippen LogP) is 1.86. The molecule has 102 valence electrons. The highest BCUT2D eigenvalue weighted by Crippen LogP contribution is 2.27. The third-order valence-electron chi connectivity index (χ3n) is 3.95. The molecule has 0 radical (unpaired) electrons. The van der Waals surface area contributed by atoms with E-state index in [9.17, 15) is 9.90 Å². The number of amides is 1. The monoisotopic (exact) mass is 277 g/mol. The van der Waals surface area contributed by atoms with Gasteiger partial charge in [-0.05, 0) is 48.9 Å². The van der Waals surface area contributed by atoms with Crippen LogP contribution in [-0.2, 0) is 17.6 Å². The quantitative estimate of drug-likeness (QED) is 0.857. The lowest BCUT2D eigenvalue weighted by Crippen LogP contribution is -2.30. The molecule has 1 aliphatic heterocycles. The normalized spacial score (nSPS) is 21.7. The number of hydrogen-bond donors (Lipinski definition) is 1. The van der Waals surface area contributed by atoms with Crippen LogP contribution in [0.2, 0.25) is 0 Å². The van der Waals surface area contributed by atoms with Crippen molar-refractivity contribution in [2.24, 2.45) is 0 Å². The van der Waals surface area contributed by atoms with Crippen molar-refractivity contribution in [2.75, 3.05) is 18.8 Å². The highest BCUT2D eigenvalue weighted by Gasteiger charge is 2.24. The summed E-state index contributed by atoms with van der Waals surface area (Å²) >= 11 is 1.61. The van der Waals surface area contributed by atoms with Crippen molar-refractivity contribution in [3.8, 4) is 0 Å². The van der Waals surface area contributed by atoms with Crippen molar-refractivity contribution >= 4 is 17.7 Å². The summed E-state index contributed by atoms with van der Waals surface area (Å²) < 4.78 is 0. The van der Waals surface area contributed by atoms with E-state index >= 15 is 0 Å². The number of hydrogen-bond acceptors (Lipinski definition) is 3. The summed E-state index contributed by atoms with van der Waals surface area (Å²) in [6.07, 6.45) is 4.03. The topological polar surface area (TPSA) is 40.5 Å². The van der Waals surface area contributed by atoms with E-state index in [0.717, 1.165) is 6.42 Å². The van der Waals surface area contributed by atoms with Crippen molar-refractivity contribution in [3.63, 3.8) is 0 Å². The SMILES string of the molecule is O=C(CSc1ccc2c(c1)CCC2)N1CC[C@@H](O)C1. The van der Waals surface area contributed by atoms with Crippen molar-refractivity contribution in [1.82, 2.24) is 4.90 Å². The van der Waals surface area contributed by atoms with Crippen LogP contribution in [0.25, 0.3) is 0 Å². The maximum atomic E-state index is 12.0. The average molecular weight is 277 g/mol. The number of fused-ring (bicyclic) bond motifs is 1. The third kappa shape index (κ3) is 2.95. The summed E-state index contributed by atoms with van der Waals surface area (Å²) in [6.45, 7) is 1.20. The molecule has 1 heterocycles. The number of rotatable bonds is 3. The van der Waals surface area contributed by atoms with Crippen LogP contribution >= 0.6 is 11.8 Å². The lowest BCUT2D eigenvalue weighted by molar-refractivity contribution is -0.127. The molecule has 1 N–H and O–H groups in total. The molecular weight excluding hydrogens is 258 g/mol. The fraction of sp³-hybridized carbons (Fsp3) is 0.533. The molecule has 1 fully saturated rings. The van der Waals surface area contributed by atoms with Gasteiger partial charge >= 0.3 is 0 Å². The van der Waals surface area contributed by atoms with Crippen molar-refractivity contribution < 1.29 is 9.90 Å². The van der Waals surface area contributed by atoms with Crippen LogP contribution in [0.4, 0.5) is 0 Å². The van der Waals surface area contributed by atoms with Gasteiger partial charge in [0, 0.05) is 18.0 Å². The number of thioether (sulfide) groups is 1. The zero-order valence-electron chi connectivity index (χ0n) is 11.0. The van der Waals surface area contributed by atoms with E-state index in [1.54, 1.807) is 16.7 Å². The minimum absolute atomic E-state index is 0.141. The van der Waals surface area contributed by atoms with Gasteiger partial charge in [0.1, 0.15) is 0 Å². The molecule has 1 saturated heterocycles. The molecule has 4 heteroatoms. The number of carbonyl (C=O) groups is 1. The fourth-order valence-corrected chi connectivity index (χ4v) is 3.71. The Morgan fingerprint density at radius 1 is 1.37 bits per heavy atom. The van der Waals surface area contributed by atoms with E-state index in [0.29, 0.717) is 18.8 Å². The summed E-state index contributed by atoms with van der Waals surface area (Å²) in [6, 6.07) is 6.56. The largest absolute Gasteiger partial charge is 0.391 e. The number of β-amino-alcohol motifs (C(OH)–C–C–N with tert-alkyl or cyclic N) is 1. The molecule has 0 unspecified atom stereocenters. The Hall–Kier alpha value is -1.00. The Balaban J connectivity index is 1.56. The van der Waals surface area contributed by atoms with Crippen molar-refractivity contribution in [3.05, 3.63) is 29.3 Å². The molecule has 1 amide bonds. The van der Waals surface area contributed by atoms with Crippen LogP contribution in [0, 0.1) is 0 Å². The molecule has 0 bridgehead atoms. The fourth-order valence-electron chi connectivity index (χ4n) is 2.84. The maximum absolute atomic E-state index is 12.0. The Morgan fingerprint density at radius 3 is 3.00 bits per heavy atom. The number of carbonyl (C=O) groups excluding carboxylic acids is 1. The molecular formula is C15H19NO2S. The Bertz CT molecular complexity index is 489. The first-order valence-corrected chi connectivity index (χ1v) is 7.91. The molecule has 1 atom stereocenters. The summed E-state index contributed by atoms with van der Waals surface area (Å²) in [7, 11) is 0. The highest BCUT2D eigenvalue weighted by molar-refractivity contribution is 8.00. The van der Waals surface area contributed by atoms with Crippen molar-refractivity contribution in [2.45, 2.75) is 36.7 Å². The van der Waals surface area contributed by atoms with Gasteiger partial charge in [0.05, 0.1) is 11.9 Å². The molecule has 0 saturated carbocycles. The first-order valence-electron chi connectivity index (χ1n) is 6.93. The van der Waals surface area contributed by atoms with Gasteiger partial charge in [0.15, 0.2) is 0 Å². The van der Waals surface area contributed by atoms with Gasteiger partial charge < -0.3 is 10.0 Å². The molecule has 19 heavy (non-hydrogen) atoms. The number of likely N-dealkylation sites (tertiary alicyclic amines) is 1. The standard InChI is InChI=1S/C15H19NO2S/c17-13-6-7-16(9-13)15(18)10-19-14-5-4-11-2-1-3-12(11)8-14/h4-5,8,13,17H,1-3,6-7,9-10H2/t13-/m1/s1. The minimum Gasteiger partial charge on any atom is -0.391 e. The van der Waals surface area contributed by atoms with Crippen LogP contribution in [0.3, 0.4) is 0 Å². The average Bonchev–Trinajstić information content (AvgIpc) is 3.03. The number of aliphatic hydroxyl groups is 1. The van der Waals surface area contributed by atoms with Gasteiger partial charge in [-0.1, -0.05) is 6.07 Å². The van der Waals surface area contributed by atoms with E-state index in [4.69, 9.17) is 0 Å². The van der Waals surface area contributed by atoms with Crippen molar-refractivity contribution in [1.29, 1.82) is 0 Å². The van der Waals surface area contributed by atoms with Crippen LogP contribution in [-0.4, -0.2) is 40.9 Å². The zero-order chi connectivity index (χ0) is 13.2. The lowest BCUT2D eigenvalue weighted by Gasteiger charge is -2.15. The first kappa shape index (κ1) is 13.0. The molecule has 2 aliphatic rings. The summed E-state index contributed by atoms with van der Waals surface area (Å²) in [4.78, 5) is 14.9. The van der Waals surface area contributed by atoms with E-state index in [2.05, 4.69) is 18.2 Å². The lowest BCUT2D eigenvalue weighted by atomic mass is 10.1. The Morgan fingerprint density at radius 2 is 2.21 bits per heavy atom. The van der Waals surface area contributed by atoms with Gasteiger partial charge in [-0.2, -0.15) is 0 Å². The first-order chi connectivity index (χ1) is 9.22. The number of aryl methyl sites for hydroxylation is 2. The van der Waals surface area contributed by atoms with E-state index < -0.39 is 0 Å². The van der Waals surface area contributed by atoms with E-state index in [1.165, 1.54) is 35.3 Å². The number of aliphatic hydroxyl groups excluding tert-OH is 1. The predicted molar refractivity (Wildman–Crippen MR) is 76.4 cm³/mol. The molecule has 1 aliphatic carbocycles. The second kappa shape index (κ2) is 5.55. The number of nitrogens with zero attached hydrogens (tertiary/aromatic N) is 1. The molecule has 3 rings (SSSR count). The third-order valence-corrected chi connectivity index (χ3v) is 4.93. The van der Waals surface area contributed by atoms with Gasteiger partial charge in [-0.25, -0.2) is 0 Å². The minimum atomic E-state index is -0.325. The molecule has 0 aromatic heterocycles. The Labute approximate surface area is 118 Å². The Kier molecular flexibility index (Phi) is 3.80. The van der Waals surface area contributed by atoms with E-state index in [-0.39, 0.29) is 12.0 Å². The number of benzene rings is 1. The van der Waals surface area contributed by atoms with Crippen LogP contribution < -0.4 is 0 Å². The second-order valence-electron chi connectivity index (χ2n) is 5.35. The zero-order valence-corrected chi connectivity index (χ0v) is 11.8. The molecule has 1 aromatic carbocycles. The van der Waals surface area contributed by atoms with Gasteiger partial charge in [0.2, 0.25) is 5.91 Å². The van der Waals surface area contributed by atoms with Gasteiger partial charge in [0.25, 0.3) is 0 Å².